The van der Waals surface area contributed by atoms with Gasteiger partial charge in [0.15, 0.2) is 0 Å². The predicted octanol–water partition coefficient (Wildman–Crippen LogP) is 0.569. The lowest BCUT2D eigenvalue weighted by atomic mass is 10.3. The van der Waals surface area contributed by atoms with Crippen LogP contribution in [-0.2, 0) is 24.3 Å². The molecule has 1 rings (SSSR count). The number of thioether (sulfide) groups is 1. The lowest BCUT2D eigenvalue weighted by Crippen LogP contribution is -2.17. The van der Waals surface area contributed by atoms with Gasteiger partial charge in [0, 0.05) is 5.69 Å². The average molecular weight is 332 g/mol. The summed E-state index contributed by atoms with van der Waals surface area (Å²) in [5.74, 6) is -0.598. The molecule has 116 valence electrons. The summed E-state index contributed by atoms with van der Waals surface area (Å²) in [6.07, 6.45) is 0. The SMILES string of the molecule is CCOC(=O)CSCC(=O)Nc1cccc(S(N)(=O)=O)c1. The van der Waals surface area contributed by atoms with E-state index in [2.05, 4.69) is 5.32 Å². The van der Waals surface area contributed by atoms with Gasteiger partial charge in [-0.3, -0.25) is 9.59 Å². The van der Waals surface area contributed by atoms with Crippen molar-refractivity contribution < 1.29 is 22.7 Å². The summed E-state index contributed by atoms with van der Waals surface area (Å²) in [6.45, 7) is 2.00. The molecule has 1 aromatic rings. The quantitative estimate of drug-likeness (QED) is 0.705. The van der Waals surface area contributed by atoms with Crippen LogP contribution in [0.2, 0.25) is 0 Å². The first-order valence-electron chi connectivity index (χ1n) is 5.99. The molecular weight excluding hydrogens is 316 g/mol. The Balaban J connectivity index is 2.50. The fraction of sp³-hybridized carbons (Fsp3) is 0.333. The van der Waals surface area contributed by atoms with E-state index in [1.54, 1.807) is 13.0 Å². The molecule has 0 aromatic heterocycles. The number of hydrogen-bond donors (Lipinski definition) is 2. The average Bonchev–Trinajstić information content (AvgIpc) is 2.38. The molecule has 1 aromatic carbocycles. The van der Waals surface area contributed by atoms with Gasteiger partial charge in [-0.15, -0.1) is 11.8 Å². The van der Waals surface area contributed by atoms with E-state index in [9.17, 15) is 18.0 Å². The Morgan fingerprint density at radius 2 is 2.05 bits per heavy atom. The van der Waals surface area contributed by atoms with Gasteiger partial charge in [0.2, 0.25) is 15.9 Å². The number of anilines is 1. The molecule has 0 aliphatic carbocycles. The third-order valence-electron chi connectivity index (χ3n) is 2.20. The Morgan fingerprint density at radius 3 is 2.67 bits per heavy atom. The number of rotatable bonds is 7. The molecule has 0 aliphatic heterocycles. The standard InChI is InChI=1S/C12H16N2O5S2/c1-2-19-12(16)8-20-7-11(15)14-9-4-3-5-10(6-9)21(13,17)18/h3-6H,2,7-8H2,1H3,(H,14,15)(H2,13,17,18). The number of carbonyl (C=O) groups excluding carboxylic acids is 2. The van der Waals surface area contributed by atoms with Crippen LogP contribution >= 0.6 is 11.8 Å². The van der Waals surface area contributed by atoms with E-state index in [-0.39, 0.29) is 28.3 Å². The molecule has 0 atom stereocenters. The minimum absolute atomic E-state index is 0.0540. The van der Waals surface area contributed by atoms with Gasteiger partial charge in [-0.25, -0.2) is 13.6 Å². The summed E-state index contributed by atoms with van der Waals surface area (Å²) in [6, 6.07) is 5.62. The molecule has 0 spiro atoms. The Hall–Kier alpha value is -1.58. The zero-order valence-corrected chi connectivity index (χ0v) is 13.0. The number of primary sulfonamides is 1. The van der Waals surface area contributed by atoms with Crippen molar-refractivity contribution in [3.63, 3.8) is 0 Å². The van der Waals surface area contributed by atoms with Gasteiger partial charge >= 0.3 is 5.97 Å². The highest BCUT2D eigenvalue weighted by atomic mass is 32.2. The third-order valence-corrected chi connectivity index (χ3v) is 4.02. The lowest BCUT2D eigenvalue weighted by Gasteiger charge is -2.06. The summed E-state index contributed by atoms with van der Waals surface area (Å²) < 4.78 is 27.1. The van der Waals surface area contributed by atoms with E-state index in [1.807, 2.05) is 0 Å². The molecule has 3 N–H and O–H groups in total. The second-order valence-corrected chi connectivity index (χ2v) is 6.47. The van der Waals surface area contributed by atoms with Crippen molar-refractivity contribution in [3.8, 4) is 0 Å². The molecule has 0 saturated heterocycles. The number of carbonyl (C=O) groups is 2. The second kappa shape index (κ2) is 8.01. The van der Waals surface area contributed by atoms with Crippen LogP contribution in [0.25, 0.3) is 0 Å². The molecule has 0 aliphatic rings. The van der Waals surface area contributed by atoms with Gasteiger partial charge in [-0.1, -0.05) is 6.07 Å². The number of ether oxygens (including phenoxy) is 1. The first-order chi connectivity index (χ1) is 9.82. The molecule has 21 heavy (non-hydrogen) atoms. The highest BCUT2D eigenvalue weighted by Gasteiger charge is 2.10. The van der Waals surface area contributed by atoms with Gasteiger partial charge in [-0.2, -0.15) is 0 Å². The summed E-state index contributed by atoms with van der Waals surface area (Å²) in [7, 11) is -3.81. The van der Waals surface area contributed by atoms with Crippen molar-refractivity contribution in [3.05, 3.63) is 24.3 Å². The van der Waals surface area contributed by atoms with Crippen molar-refractivity contribution in [2.24, 2.45) is 5.14 Å². The number of nitrogens with one attached hydrogen (secondary N) is 1. The van der Waals surface area contributed by atoms with Crippen LogP contribution in [0.3, 0.4) is 0 Å². The Bertz CT molecular complexity index is 616. The molecule has 9 heteroatoms. The van der Waals surface area contributed by atoms with E-state index in [1.165, 1.54) is 18.2 Å². The number of nitrogens with two attached hydrogens (primary N) is 1. The van der Waals surface area contributed by atoms with Crippen LogP contribution in [0.5, 0.6) is 0 Å². The van der Waals surface area contributed by atoms with Crippen LogP contribution in [0.15, 0.2) is 29.2 Å². The fourth-order valence-corrected chi connectivity index (χ4v) is 2.55. The molecule has 7 nitrogen and oxygen atoms in total. The maximum absolute atomic E-state index is 11.6. The van der Waals surface area contributed by atoms with E-state index in [0.29, 0.717) is 12.3 Å². The molecule has 1 amide bonds. The molecule has 0 saturated carbocycles. The number of sulfonamides is 1. The number of esters is 1. The smallest absolute Gasteiger partial charge is 0.315 e. The van der Waals surface area contributed by atoms with Gasteiger partial charge in [-0.05, 0) is 25.1 Å². The molecule has 0 radical (unpaired) electrons. The summed E-state index contributed by atoms with van der Waals surface area (Å²) in [5.41, 5.74) is 0.322. The van der Waals surface area contributed by atoms with E-state index in [4.69, 9.17) is 9.88 Å². The van der Waals surface area contributed by atoms with Crippen molar-refractivity contribution in [1.82, 2.24) is 0 Å². The monoisotopic (exact) mass is 332 g/mol. The Morgan fingerprint density at radius 1 is 1.33 bits per heavy atom. The normalized spacial score (nSPS) is 11.0. The topological polar surface area (TPSA) is 116 Å². The number of benzene rings is 1. The molecule has 0 heterocycles. The van der Waals surface area contributed by atoms with Gasteiger partial charge in [0.1, 0.15) is 0 Å². The number of amides is 1. The maximum atomic E-state index is 11.6. The molecule has 0 unspecified atom stereocenters. The lowest BCUT2D eigenvalue weighted by molar-refractivity contribution is -0.139. The van der Waals surface area contributed by atoms with Crippen molar-refractivity contribution in [2.75, 3.05) is 23.4 Å². The van der Waals surface area contributed by atoms with E-state index >= 15 is 0 Å². The van der Waals surface area contributed by atoms with Crippen LogP contribution in [0.4, 0.5) is 5.69 Å². The first kappa shape index (κ1) is 17.5. The highest BCUT2D eigenvalue weighted by molar-refractivity contribution is 8.00. The first-order valence-corrected chi connectivity index (χ1v) is 8.69. The van der Waals surface area contributed by atoms with Crippen molar-refractivity contribution >= 4 is 39.3 Å². The zero-order valence-electron chi connectivity index (χ0n) is 11.4. The zero-order chi connectivity index (χ0) is 15.9. The predicted molar refractivity (Wildman–Crippen MR) is 80.4 cm³/mol. The number of hydrogen-bond acceptors (Lipinski definition) is 6. The van der Waals surface area contributed by atoms with Gasteiger partial charge in [0.25, 0.3) is 0 Å². The van der Waals surface area contributed by atoms with E-state index in [0.717, 1.165) is 11.8 Å². The molecule has 0 fully saturated rings. The van der Waals surface area contributed by atoms with Crippen molar-refractivity contribution in [2.45, 2.75) is 11.8 Å². The Kier molecular flexibility index (Phi) is 6.66. The van der Waals surface area contributed by atoms with Crippen LogP contribution in [-0.4, -0.2) is 38.4 Å². The van der Waals surface area contributed by atoms with Crippen LogP contribution in [0, 0.1) is 0 Å². The molecule has 0 bridgehead atoms. The Labute approximate surface area is 127 Å². The van der Waals surface area contributed by atoms with Crippen LogP contribution < -0.4 is 10.5 Å². The van der Waals surface area contributed by atoms with Crippen LogP contribution in [0.1, 0.15) is 6.92 Å². The largest absolute Gasteiger partial charge is 0.465 e. The minimum atomic E-state index is -3.81. The van der Waals surface area contributed by atoms with Gasteiger partial charge in [0.05, 0.1) is 23.0 Å². The second-order valence-electron chi connectivity index (χ2n) is 3.92. The maximum Gasteiger partial charge on any atom is 0.315 e. The minimum Gasteiger partial charge on any atom is -0.465 e. The van der Waals surface area contributed by atoms with Crippen molar-refractivity contribution in [1.29, 1.82) is 0 Å². The summed E-state index contributed by atoms with van der Waals surface area (Å²) in [4.78, 5) is 22.6. The third kappa shape index (κ3) is 6.61. The fourth-order valence-electron chi connectivity index (χ4n) is 1.38. The van der Waals surface area contributed by atoms with E-state index < -0.39 is 10.0 Å². The summed E-state index contributed by atoms with van der Waals surface area (Å²) in [5, 5.41) is 7.53. The van der Waals surface area contributed by atoms with Gasteiger partial charge < -0.3 is 10.1 Å². The molecular formula is C12H16N2O5S2. The summed E-state index contributed by atoms with van der Waals surface area (Å²) >= 11 is 1.11. The highest BCUT2D eigenvalue weighted by Crippen LogP contribution is 2.14.